The van der Waals surface area contributed by atoms with Crippen LogP contribution in [0.25, 0.3) is 0 Å². The molecule has 2 aromatic carbocycles. The zero-order valence-electron chi connectivity index (χ0n) is 10.7. The van der Waals surface area contributed by atoms with E-state index < -0.39 is 5.25 Å². The van der Waals surface area contributed by atoms with E-state index in [0.717, 1.165) is 25.8 Å². The van der Waals surface area contributed by atoms with Gasteiger partial charge in [0.25, 0.3) is 0 Å². The van der Waals surface area contributed by atoms with E-state index in [9.17, 15) is 4.79 Å². The van der Waals surface area contributed by atoms with E-state index in [2.05, 4.69) is 49.8 Å². The lowest BCUT2D eigenvalue weighted by Crippen LogP contribution is -2.17. The summed E-state index contributed by atoms with van der Waals surface area (Å²) in [5.41, 5.74) is 2.70. The fraction of sp³-hybridized carbons (Fsp3) is 0.133. The van der Waals surface area contributed by atoms with Crippen LogP contribution in [0.5, 0.6) is 0 Å². The third-order valence-electron chi connectivity index (χ3n) is 2.91. The summed E-state index contributed by atoms with van der Waals surface area (Å²) < 4.78 is 1.88. The van der Waals surface area contributed by atoms with Crippen LogP contribution in [-0.4, -0.2) is 5.91 Å². The molecule has 1 atom stereocenters. The predicted octanol–water partition coefficient (Wildman–Crippen LogP) is 5.13. The van der Waals surface area contributed by atoms with Gasteiger partial charge in [-0.1, -0.05) is 62.2 Å². The molecule has 0 radical (unpaired) electrons. The molecular formula is C15H13Br2NOS. The number of rotatable bonds is 3. The lowest BCUT2D eigenvalue weighted by molar-refractivity contribution is -0.115. The number of amides is 1. The first-order chi connectivity index (χ1) is 9.49. The zero-order chi connectivity index (χ0) is 14.7. The second-order valence-corrected chi connectivity index (χ2v) is 6.59. The highest BCUT2D eigenvalue weighted by Crippen LogP contribution is 2.30. The van der Waals surface area contributed by atoms with E-state index in [0.29, 0.717) is 0 Å². The Morgan fingerprint density at radius 1 is 1.15 bits per heavy atom. The van der Waals surface area contributed by atoms with Crippen molar-refractivity contribution in [1.29, 1.82) is 0 Å². The number of halogens is 2. The Morgan fingerprint density at radius 3 is 2.25 bits per heavy atom. The second kappa shape index (κ2) is 6.78. The monoisotopic (exact) mass is 413 g/mol. The Bertz CT molecular complexity index is 608. The summed E-state index contributed by atoms with van der Waals surface area (Å²) in [4.78, 5) is 12.2. The number of carbonyl (C=O) groups excluding carboxylic acids is 1. The fourth-order valence-electron chi connectivity index (χ4n) is 1.71. The molecular weight excluding hydrogens is 402 g/mol. The van der Waals surface area contributed by atoms with Gasteiger partial charge >= 0.3 is 0 Å². The van der Waals surface area contributed by atoms with E-state index >= 15 is 0 Å². The zero-order valence-corrected chi connectivity index (χ0v) is 14.8. The highest BCUT2D eigenvalue weighted by atomic mass is 79.9. The van der Waals surface area contributed by atoms with Crippen LogP contribution in [0.1, 0.15) is 16.4 Å². The van der Waals surface area contributed by atoms with Gasteiger partial charge in [0.05, 0.1) is 0 Å². The van der Waals surface area contributed by atoms with Crippen LogP contribution in [0.4, 0.5) is 5.69 Å². The van der Waals surface area contributed by atoms with E-state index in [1.807, 2.05) is 49.4 Å². The summed E-state index contributed by atoms with van der Waals surface area (Å²) in [7, 11) is 0. The molecule has 0 aromatic heterocycles. The highest BCUT2D eigenvalue weighted by Gasteiger charge is 2.16. The first kappa shape index (κ1) is 15.6. The number of hydrogen-bond donors (Lipinski definition) is 2. The van der Waals surface area contributed by atoms with Gasteiger partial charge in [-0.25, -0.2) is 0 Å². The molecule has 2 aromatic rings. The third kappa shape index (κ3) is 3.65. The Labute approximate surface area is 140 Å². The largest absolute Gasteiger partial charge is 0.325 e. The van der Waals surface area contributed by atoms with Crippen LogP contribution in [0.3, 0.4) is 0 Å². The van der Waals surface area contributed by atoms with Crippen LogP contribution < -0.4 is 5.32 Å². The van der Waals surface area contributed by atoms with Crippen LogP contribution >= 0.6 is 44.5 Å². The molecule has 1 N–H and O–H groups in total. The van der Waals surface area contributed by atoms with Gasteiger partial charge in [-0.2, -0.15) is 12.6 Å². The Morgan fingerprint density at radius 2 is 1.70 bits per heavy atom. The third-order valence-corrected chi connectivity index (χ3v) is 5.09. The molecule has 0 saturated heterocycles. The quantitative estimate of drug-likeness (QED) is 0.669. The highest BCUT2D eigenvalue weighted by molar-refractivity contribution is 9.11. The lowest BCUT2D eigenvalue weighted by Gasteiger charge is -2.13. The van der Waals surface area contributed by atoms with Crippen molar-refractivity contribution in [3.63, 3.8) is 0 Å². The van der Waals surface area contributed by atoms with Crippen molar-refractivity contribution in [3.05, 3.63) is 62.5 Å². The normalized spacial score (nSPS) is 12.0. The molecule has 1 amide bonds. The average molecular weight is 415 g/mol. The summed E-state index contributed by atoms with van der Waals surface area (Å²) >= 11 is 11.3. The van der Waals surface area contributed by atoms with Gasteiger partial charge in [0.2, 0.25) is 5.91 Å². The summed E-state index contributed by atoms with van der Waals surface area (Å²) in [6.45, 7) is 1.99. The molecule has 2 rings (SSSR count). The minimum atomic E-state index is -0.491. The number of benzene rings is 2. The lowest BCUT2D eigenvalue weighted by atomic mass is 10.1. The van der Waals surface area contributed by atoms with Crippen molar-refractivity contribution in [2.24, 2.45) is 0 Å². The molecule has 20 heavy (non-hydrogen) atoms. The van der Waals surface area contributed by atoms with Crippen LogP contribution in [0, 0.1) is 6.92 Å². The first-order valence-corrected chi connectivity index (χ1v) is 8.09. The van der Waals surface area contributed by atoms with E-state index in [1.54, 1.807) is 0 Å². The maximum atomic E-state index is 12.2. The van der Waals surface area contributed by atoms with Crippen molar-refractivity contribution >= 4 is 56.1 Å². The van der Waals surface area contributed by atoms with Crippen LogP contribution in [-0.2, 0) is 4.79 Å². The van der Waals surface area contributed by atoms with Gasteiger partial charge in [0, 0.05) is 14.6 Å². The molecule has 0 spiro atoms. The maximum absolute atomic E-state index is 12.2. The number of carbonyl (C=O) groups is 1. The number of hydrogen-bond acceptors (Lipinski definition) is 2. The second-order valence-electron chi connectivity index (χ2n) is 4.37. The number of nitrogens with one attached hydrogen (secondary N) is 1. The summed E-state index contributed by atoms with van der Waals surface area (Å²) in [6, 6.07) is 13.2. The summed E-state index contributed by atoms with van der Waals surface area (Å²) in [5.74, 6) is -0.151. The fourth-order valence-corrected chi connectivity index (χ4v) is 3.14. The summed E-state index contributed by atoms with van der Waals surface area (Å²) in [5, 5.41) is 2.38. The number of thiol groups is 1. The standard InChI is InChI=1S/C15H13Br2NOS/c1-9-12(16)7-11(8-13(9)17)18-15(19)14(20)10-5-3-2-4-6-10/h2-8,14,20H,1H3,(H,18,19). The molecule has 0 aliphatic heterocycles. The van der Waals surface area contributed by atoms with Gasteiger partial charge in [0.1, 0.15) is 5.25 Å². The average Bonchev–Trinajstić information content (AvgIpc) is 2.44. The first-order valence-electron chi connectivity index (χ1n) is 5.98. The van der Waals surface area contributed by atoms with Crippen LogP contribution in [0.2, 0.25) is 0 Å². The van der Waals surface area contributed by atoms with Crippen molar-refractivity contribution < 1.29 is 4.79 Å². The molecule has 0 aliphatic carbocycles. The van der Waals surface area contributed by atoms with Crippen molar-refractivity contribution in [1.82, 2.24) is 0 Å². The molecule has 1 unspecified atom stereocenters. The van der Waals surface area contributed by atoms with E-state index in [-0.39, 0.29) is 5.91 Å². The topological polar surface area (TPSA) is 29.1 Å². The molecule has 0 fully saturated rings. The van der Waals surface area contributed by atoms with Crippen molar-refractivity contribution in [2.45, 2.75) is 12.2 Å². The molecule has 104 valence electrons. The molecule has 0 heterocycles. The summed E-state index contributed by atoms with van der Waals surface area (Å²) in [6.07, 6.45) is 0. The van der Waals surface area contributed by atoms with Crippen molar-refractivity contribution in [3.8, 4) is 0 Å². The van der Waals surface area contributed by atoms with E-state index in [4.69, 9.17) is 0 Å². The smallest absolute Gasteiger partial charge is 0.241 e. The molecule has 0 bridgehead atoms. The van der Waals surface area contributed by atoms with Crippen LogP contribution in [0.15, 0.2) is 51.4 Å². The van der Waals surface area contributed by atoms with Crippen molar-refractivity contribution in [2.75, 3.05) is 5.32 Å². The minimum absolute atomic E-state index is 0.151. The van der Waals surface area contributed by atoms with Gasteiger partial charge in [-0.3, -0.25) is 4.79 Å². The Hall–Kier alpha value is -0.780. The molecule has 2 nitrogen and oxygen atoms in total. The Kier molecular flexibility index (Phi) is 5.29. The van der Waals surface area contributed by atoms with Gasteiger partial charge in [-0.05, 0) is 30.2 Å². The minimum Gasteiger partial charge on any atom is -0.325 e. The molecule has 5 heteroatoms. The van der Waals surface area contributed by atoms with E-state index in [1.165, 1.54) is 0 Å². The Balaban J connectivity index is 2.16. The van der Waals surface area contributed by atoms with Gasteiger partial charge in [0.15, 0.2) is 0 Å². The van der Waals surface area contributed by atoms with Gasteiger partial charge in [-0.15, -0.1) is 0 Å². The number of anilines is 1. The predicted molar refractivity (Wildman–Crippen MR) is 93.4 cm³/mol. The maximum Gasteiger partial charge on any atom is 0.241 e. The van der Waals surface area contributed by atoms with Gasteiger partial charge < -0.3 is 5.32 Å². The molecule has 0 aliphatic rings. The molecule has 0 saturated carbocycles. The SMILES string of the molecule is Cc1c(Br)cc(NC(=O)C(S)c2ccccc2)cc1Br.